The summed E-state index contributed by atoms with van der Waals surface area (Å²) in [6.07, 6.45) is 0.0844. The molecule has 0 spiro atoms. The summed E-state index contributed by atoms with van der Waals surface area (Å²) in [6.45, 7) is 1.49. The molecule has 2 atom stereocenters. The minimum absolute atomic E-state index is 0.0844. The van der Waals surface area contributed by atoms with Crippen LogP contribution in [0.2, 0.25) is 0 Å². The Labute approximate surface area is 78.9 Å². The van der Waals surface area contributed by atoms with Crippen LogP contribution >= 0.6 is 11.8 Å². The van der Waals surface area contributed by atoms with Gasteiger partial charge in [-0.1, -0.05) is 0 Å². The Morgan fingerprint density at radius 1 is 1.69 bits per heavy atom. The van der Waals surface area contributed by atoms with Crippen LogP contribution in [-0.2, 0) is 14.4 Å². The summed E-state index contributed by atoms with van der Waals surface area (Å²) in [4.78, 5) is 32.2. The van der Waals surface area contributed by atoms with Crippen LogP contribution in [0, 0.1) is 0 Å². The lowest BCUT2D eigenvalue weighted by Crippen LogP contribution is -2.25. The summed E-state index contributed by atoms with van der Waals surface area (Å²) < 4.78 is 0. The summed E-state index contributed by atoms with van der Waals surface area (Å²) in [5, 5.41) is 9.47. The Kier molecular flexibility index (Phi) is 2.92. The van der Waals surface area contributed by atoms with Crippen LogP contribution in [0.25, 0.3) is 0 Å². The molecule has 2 amide bonds. The Morgan fingerprint density at radius 2 is 2.31 bits per heavy atom. The molecule has 0 aliphatic carbocycles. The number of rotatable bonds is 3. The van der Waals surface area contributed by atoms with Crippen molar-refractivity contribution in [1.82, 2.24) is 5.32 Å². The number of hydrogen-bond acceptors (Lipinski definition) is 4. The minimum atomic E-state index is -0.975. The summed E-state index contributed by atoms with van der Waals surface area (Å²) in [6, 6.07) is 0. The van der Waals surface area contributed by atoms with E-state index in [0.29, 0.717) is 0 Å². The summed E-state index contributed by atoms with van der Waals surface area (Å²) in [5.74, 6) is -1.69. The van der Waals surface area contributed by atoms with Gasteiger partial charge in [0.1, 0.15) is 5.25 Å². The van der Waals surface area contributed by atoms with E-state index in [4.69, 9.17) is 5.11 Å². The van der Waals surface area contributed by atoms with E-state index in [1.807, 2.05) is 0 Å². The monoisotopic (exact) mass is 203 g/mol. The smallest absolute Gasteiger partial charge is 0.316 e. The van der Waals surface area contributed by atoms with Gasteiger partial charge in [-0.25, -0.2) is 0 Å². The van der Waals surface area contributed by atoms with Gasteiger partial charge in [0.25, 0.3) is 0 Å². The molecule has 0 bridgehead atoms. The van der Waals surface area contributed by atoms with Gasteiger partial charge in [0, 0.05) is 6.42 Å². The first-order chi connectivity index (χ1) is 6.00. The van der Waals surface area contributed by atoms with Crippen LogP contribution in [0.4, 0.5) is 0 Å². The van der Waals surface area contributed by atoms with Crippen molar-refractivity contribution in [3.8, 4) is 0 Å². The van der Waals surface area contributed by atoms with Gasteiger partial charge >= 0.3 is 5.97 Å². The standard InChI is InChI=1S/C7H9NO4S/c1-3(7(11)12)13-4-2-5(9)8-6(4)10/h3-4H,2H2,1H3,(H,11,12)(H,8,9,10). The van der Waals surface area contributed by atoms with Crippen LogP contribution < -0.4 is 5.32 Å². The van der Waals surface area contributed by atoms with E-state index >= 15 is 0 Å². The molecule has 1 aliphatic heterocycles. The van der Waals surface area contributed by atoms with Crippen molar-refractivity contribution in [2.24, 2.45) is 0 Å². The normalized spacial score (nSPS) is 24.2. The number of amides is 2. The number of hydrogen-bond donors (Lipinski definition) is 2. The van der Waals surface area contributed by atoms with Crippen LogP contribution in [0.3, 0.4) is 0 Å². The zero-order chi connectivity index (χ0) is 10.0. The number of nitrogens with one attached hydrogen (secondary N) is 1. The third-order valence-electron chi connectivity index (χ3n) is 1.64. The second-order valence-corrected chi connectivity index (χ2v) is 4.27. The van der Waals surface area contributed by atoms with Crippen LogP contribution in [0.5, 0.6) is 0 Å². The molecule has 0 radical (unpaired) electrons. The Balaban J connectivity index is 2.50. The van der Waals surface area contributed by atoms with Gasteiger partial charge in [-0.3, -0.25) is 19.7 Å². The third-order valence-corrected chi connectivity index (χ3v) is 2.96. The van der Waals surface area contributed by atoms with E-state index in [9.17, 15) is 14.4 Å². The molecular weight excluding hydrogens is 194 g/mol. The molecule has 2 unspecified atom stereocenters. The van der Waals surface area contributed by atoms with Gasteiger partial charge < -0.3 is 5.11 Å². The van der Waals surface area contributed by atoms with E-state index in [0.717, 1.165) is 11.8 Å². The zero-order valence-corrected chi connectivity index (χ0v) is 7.76. The Hall–Kier alpha value is -1.04. The number of carbonyl (C=O) groups is 3. The van der Waals surface area contributed by atoms with Crippen molar-refractivity contribution in [2.45, 2.75) is 23.8 Å². The average molecular weight is 203 g/mol. The second kappa shape index (κ2) is 3.78. The highest BCUT2D eigenvalue weighted by atomic mass is 32.2. The molecule has 1 saturated heterocycles. The van der Waals surface area contributed by atoms with Crippen LogP contribution in [0.1, 0.15) is 13.3 Å². The topological polar surface area (TPSA) is 83.5 Å². The third kappa shape index (κ3) is 2.45. The fourth-order valence-electron chi connectivity index (χ4n) is 0.945. The van der Waals surface area contributed by atoms with E-state index in [2.05, 4.69) is 5.32 Å². The van der Waals surface area contributed by atoms with Gasteiger partial charge in [-0.2, -0.15) is 0 Å². The van der Waals surface area contributed by atoms with Gasteiger partial charge in [-0.15, -0.1) is 11.8 Å². The first-order valence-corrected chi connectivity index (χ1v) is 4.67. The van der Waals surface area contributed by atoms with Gasteiger partial charge in [0.05, 0.1) is 5.25 Å². The number of carboxylic acid groups (broad SMARTS) is 1. The van der Waals surface area contributed by atoms with Crippen molar-refractivity contribution in [2.75, 3.05) is 0 Å². The maximum Gasteiger partial charge on any atom is 0.316 e. The lowest BCUT2D eigenvalue weighted by Gasteiger charge is -2.08. The van der Waals surface area contributed by atoms with Gasteiger partial charge in [-0.05, 0) is 6.92 Å². The van der Waals surface area contributed by atoms with Crippen molar-refractivity contribution < 1.29 is 19.5 Å². The molecule has 0 saturated carbocycles. The van der Waals surface area contributed by atoms with E-state index in [1.165, 1.54) is 6.92 Å². The van der Waals surface area contributed by atoms with Gasteiger partial charge in [0.15, 0.2) is 0 Å². The highest BCUT2D eigenvalue weighted by Crippen LogP contribution is 2.23. The SMILES string of the molecule is CC(SC1CC(=O)NC1=O)C(=O)O. The average Bonchev–Trinajstić information content (AvgIpc) is 2.30. The summed E-state index contributed by atoms with van der Waals surface area (Å²) in [7, 11) is 0. The lowest BCUT2D eigenvalue weighted by molar-refractivity contribution is -0.136. The first kappa shape index (κ1) is 10.0. The van der Waals surface area contributed by atoms with E-state index < -0.39 is 16.5 Å². The number of thioether (sulfide) groups is 1. The van der Waals surface area contributed by atoms with Gasteiger partial charge in [0.2, 0.25) is 11.8 Å². The molecule has 2 N–H and O–H groups in total. The maximum atomic E-state index is 11.0. The fourth-order valence-corrected chi connectivity index (χ4v) is 1.98. The summed E-state index contributed by atoms with van der Waals surface area (Å²) in [5.41, 5.74) is 0. The lowest BCUT2D eigenvalue weighted by atomic mass is 10.3. The molecule has 0 aromatic rings. The second-order valence-electron chi connectivity index (χ2n) is 2.72. The molecule has 13 heavy (non-hydrogen) atoms. The number of carbonyl (C=O) groups excluding carboxylic acids is 2. The predicted molar refractivity (Wildman–Crippen MR) is 46.2 cm³/mol. The van der Waals surface area contributed by atoms with Crippen molar-refractivity contribution in [3.05, 3.63) is 0 Å². The highest BCUT2D eigenvalue weighted by molar-refractivity contribution is 8.01. The molecule has 1 rings (SSSR count). The molecule has 1 heterocycles. The molecule has 1 aliphatic rings. The summed E-state index contributed by atoms with van der Waals surface area (Å²) >= 11 is 0.995. The molecule has 1 fully saturated rings. The van der Waals surface area contributed by atoms with Crippen molar-refractivity contribution >= 4 is 29.5 Å². The fraction of sp³-hybridized carbons (Fsp3) is 0.571. The number of aliphatic carboxylic acids is 1. The molecule has 0 aromatic heterocycles. The van der Waals surface area contributed by atoms with Crippen molar-refractivity contribution in [1.29, 1.82) is 0 Å². The van der Waals surface area contributed by atoms with E-state index in [1.54, 1.807) is 0 Å². The van der Waals surface area contributed by atoms with Crippen LogP contribution in [-0.4, -0.2) is 33.4 Å². The first-order valence-electron chi connectivity index (χ1n) is 3.72. The quantitative estimate of drug-likeness (QED) is 0.610. The molecule has 0 aromatic carbocycles. The highest BCUT2D eigenvalue weighted by Gasteiger charge is 2.33. The van der Waals surface area contributed by atoms with Crippen molar-refractivity contribution in [3.63, 3.8) is 0 Å². The molecule has 5 nitrogen and oxygen atoms in total. The maximum absolute atomic E-state index is 11.0. The predicted octanol–water partition coefficient (Wildman–Crippen LogP) is -0.392. The Bertz CT molecular complexity index is 265. The van der Waals surface area contributed by atoms with E-state index in [-0.39, 0.29) is 18.2 Å². The molecule has 6 heteroatoms. The zero-order valence-electron chi connectivity index (χ0n) is 6.94. The number of carboxylic acids is 1. The molecule has 72 valence electrons. The Morgan fingerprint density at radius 3 is 2.69 bits per heavy atom. The van der Waals surface area contributed by atoms with Crippen LogP contribution in [0.15, 0.2) is 0 Å². The minimum Gasteiger partial charge on any atom is -0.480 e. The number of imide groups is 1. The largest absolute Gasteiger partial charge is 0.480 e. The molecular formula is C7H9NO4S.